The fourth-order valence-corrected chi connectivity index (χ4v) is 6.70. The van der Waals surface area contributed by atoms with Crippen LogP contribution in [-0.2, 0) is 19.3 Å². The fourth-order valence-electron chi connectivity index (χ4n) is 5.50. The minimum atomic E-state index is -0.295. The van der Waals surface area contributed by atoms with Crippen LogP contribution in [0.25, 0.3) is 32.7 Å². The number of hydrogen-bond donors (Lipinski definition) is 6. The molecule has 54 heavy (non-hydrogen) atoms. The third-order valence-electron chi connectivity index (χ3n) is 8.04. The Morgan fingerprint density at radius 2 is 1.09 bits per heavy atom. The summed E-state index contributed by atoms with van der Waals surface area (Å²) < 4.78 is 4.31. The van der Waals surface area contributed by atoms with Gasteiger partial charge in [0, 0.05) is 101 Å². The summed E-state index contributed by atoms with van der Waals surface area (Å²) in [6.07, 6.45) is 9.52. The van der Waals surface area contributed by atoms with Crippen molar-refractivity contribution in [2.75, 3.05) is 19.6 Å². The first-order chi connectivity index (χ1) is 24.6. The molecule has 0 aliphatic heterocycles. The quantitative estimate of drug-likeness (QED) is 0.0266. The van der Waals surface area contributed by atoms with Gasteiger partial charge in [-0.05, 0) is 107 Å². The van der Waals surface area contributed by atoms with Crippen LogP contribution < -0.4 is 5.48 Å². The van der Waals surface area contributed by atoms with Crippen LogP contribution in [0.2, 0.25) is 5.02 Å². The summed E-state index contributed by atoms with van der Waals surface area (Å²) in [4.78, 5) is 19.5. The smallest absolute Gasteiger partial charge is 0.222 e. The van der Waals surface area contributed by atoms with Crippen LogP contribution in [0, 0.1) is 10.1 Å². The second-order valence-electron chi connectivity index (χ2n) is 11.6. The zero-order valence-electron chi connectivity index (χ0n) is 27.2. The van der Waals surface area contributed by atoms with Crippen molar-refractivity contribution >= 4 is 98.3 Å². The number of nitro groups is 1. The summed E-state index contributed by atoms with van der Waals surface area (Å²) in [6.45, 7) is 1.06. The predicted molar refractivity (Wildman–Crippen MR) is 237 cm³/mol. The Kier molecular flexibility index (Phi) is 19.2. The molecule has 7 rings (SSSR count). The van der Waals surface area contributed by atoms with Gasteiger partial charge in [0.2, 0.25) is 12.8 Å². The summed E-state index contributed by atoms with van der Waals surface area (Å²) in [5.41, 5.74) is 9.69. The maximum atomic E-state index is 10.3. The molecule has 0 spiro atoms. The number of aromatic nitrogens is 3. The van der Waals surface area contributed by atoms with Gasteiger partial charge in [-0.3, -0.25) is 15.3 Å². The van der Waals surface area contributed by atoms with Crippen LogP contribution in [0.4, 0.5) is 0 Å². The van der Waals surface area contributed by atoms with Gasteiger partial charge in [0.1, 0.15) is 0 Å². The van der Waals surface area contributed by atoms with Gasteiger partial charge in [-0.15, -0.1) is 0 Å². The second-order valence-corrected chi connectivity index (χ2v) is 14.8. The minimum Gasteiger partial charge on any atom is -0.361 e. The maximum absolute atomic E-state index is 10.3. The lowest BCUT2D eigenvalue weighted by Gasteiger charge is -1.98. The third kappa shape index (κ3) is 13.1. The van der Waals surface area contributed by atoms with E-state index in [1.165, 1.54) is 26.6 Å². The largest absolute Gasteiger partial charge is 0.361 e. The van der Waals surface area contributed by atoms with E-state index < -0.39 is 0 Å². The molecule has 3 heterocycles. The highest BCUT2D eigenvalue weighted by atomic mass is 79.9. The van der Waals surface area contributed by atoms with E-state index in [0.717, 1.165) is 59.3 Å². The molecule has 6 N–H and O–H groups in total. The van der Waals surface area contributed by atoms with Crippen molar-refractivity contribution in [1.29, 1.82) is 0 Å². The van der Waals surface area contributed by atoms with Crippen LogP contribution in [-0.4, -0.2) is 60.9 Å². The average Bonchev–Trinajstić information content (AvgIpc) is 3.83. The number of benzene rings is 4. The highest BCUT2D eigenvalue weighted by Gasteiger charge is 2.10. The molecule has 7 aromatic rings. The number of hydroxylamine groups is 2. The van der Waals surface area contributed by atoms with Gasteiger partial charge < -0.3 is 20.2 Å². The van der Waals surface area contributed by atoms with Crippen molar-refractivity contribution in [3.05, 3.63) is 148 Å². The average molecular weight is 954 g/mol. The molecule has 3 aromatic heterocycles. The van der Waals surface area contributed by atoms with E-state index in [1.54, 1.807) is 18.3 Å². The Balaban J connectivity index is 0.000000411. The van der Waals surface area contributed by atoms with Crippen molar-refractivity contribution in [2.45, 2.75) is 41.5 Å². The van der Waals surface area contributed by atoms with Gasteiger partial charge in [0.25, 0.3) is 0 Å². The molecule has 0 aliphatic rings. The van der Waals surface area contributed by atoms with Crippen molar-refractivity contribution in [2.24, 2.45) is 0 Å². The summed E-state index contributed by atoms with van der Waals surface area (Å²) in [5, 5.41) is 32.9. The standard InChI is InChI=1S/C17H15BrClN2O.C10H9BrN2O2.C10H11BrN2O.3CH4.H2/c18-14-3-6-17-16(9-14)13(10-20-17)7-8-21(22)11-12-1-4-15(19)5-2-12;11-8-1-2-10-9(5-8)7(6-12-10)3-4-13(14)15;11-8-1-2-10-9(5-8)7(6-12-10)3-4-13-14;;;;/h1-6,9-11,20,22H,7-8H2;1-2,5-6,12H,3-4H2;1-2,5-6,12-14H,3-4H2;3*1H4;1H/q+1;;;;;;/b21-11-;;;;;;/i;;;;;;1+1. The van der Waals surface area contributed by atoms with E-state index in [0.29, 0.717) is 24.5 Å². The minimum absolute atomic E-state index is 0. The normalized spacial score (nSPS) is 10.7. The van der Waals surface area contributed by atoms with Crippen molar-refractivity contribution < 1.29 is 21.5 Å². The number of nitrogens with one attached hydrogen (secondary N) is 4. The van der Waals surface area contributed by atoms with Gasteiger partial charge in [0.15, 0.2) is 6.54 Å². The number of nitrogens with zero attached hydrogens (tertiary/aromatic N) is 2. The molecule has 4 aromatic carbocycles. The Labute approximate surface area is 347 Å². The molecule has 0 amide bonds. The summed E-state index contributed by atoms with van der Waals surface area (Å²) in [5.74, 6) is 0. The topological polar surface area (TPSA) is 146 Å². The number of fused-ring (bicyclic) bond motifs is 3. The first-order valence-electron chi connectivity index (χ1n) is 15.9. The van der Waals surface area contributed by atoms with Gasteiger partial charge in [0.05, 0.1) is 0 Å². The van der Waals surface area contributed by atoms with Crippen LogP contribution >= 0.6 is 59.4 Å². The molecule has 0 fully saturated rings. The lowest BCUT2D eigenvalue weighted by molar-refractivity contribution is -0.770. The molecule has 0 aliphatic carbocycles. The van der Waals surface area contributed by atoms with Crippen molar-refractivity contribution in [3.63, 3.8) is 0 Å². The van der Waals surface area contributed by atoms with Crippen molar-refractivity contribution in [1.82, 2.24) is 20.4 Å². The lowest BCUT2D eigenvalue weighted by atomic mass is 10.1. The van der Waals surface area contributed by atoms with E-state index in [-0.39, 0.29) is 35.2 Å². The van der Waals surface area contributed by atoms with E-state index in [1.807, 2.05) is 73.2 Å². The van der Waals surface area contributed by atoms with Gasteiger partial charge in [-0.25, -0.2) is 5.48 Å². The third-order valence-corrected chi connectivity index (χ3v) is 9.77. The Bertz CT molecular complexity index is 2270. The molecule has 0 bridgehead atoms. The molecule has 0 saturated carbocycles. The van der Waals surface area contributed by atoms with Crippen molar-refractivity contribution in [3.8, 4) is 0 Å². The fraction of sp³-hybridized carbons (Fsp3) is 0.225. The summed E-state index contributed by atoms with van der Waals surface area (Å²) in [7, 11) is 0. The molecular weight excluding hydrogens is 904 g/mol. The Morgan fingerprint density at radius 3 is 1.50 bits per heavy atom. The van der Waals surface area contributed by atoms with Gasteiger partial charge >= 0.3 is 0 Å². The highest BCUT2D eigenvalue weighted by molar-refractivity contribution is 9.11. The number of H-pyrrole nitrogens is 3. The second kappa shape index (κ2) is 22.4. The molecule has 0 unspecified atom stereocenters. The first-order valence-corrected chi connectivity index (χ1v) is 18.7. The van der Waals surface area contributed by atoms with Crippen LogP contribution in [0.5, 0.6) is 0 Å². The van der Waals surface area contributed by atoms with Gasteiger partial charge in [-0.1, -0.05) is 81.7 Å². The van der Waals surface area contributed by atoms with E-state index in [9.17, 15) is 15.3 Å². The van der Waals surface area contributed by atoms with E-state index in [2.05, 4.69) is 80.4 Å². The number of aromatic amines is 3. The summed E-state index contributed by atoms with van der Waals surface area (Å²) in [6, 6.07) is 25.5. The zero-order chi connectivity index (χ0) is 36.3. The maximum Gasteiger partial charge on any atom is 0.222 e. The Hall–Kier alpha value is -3.98. The first kappa shape index (κ1) is 46.2. The molecular formula is C40H49Br3ClN6O4+. The summed E-state index contributed by atoms with van der Waals surface area (Å²) >= 11 is 16.2. The molecule has 14 heteroatoms. The van der Waals surface area contributed by atoms with Crippen LogP contribution in [0.15, 0.2) is 111 Å². The Morgan fingerprint density at radius 1 is 0.685 bits per heavy atom. The molecule has 0 saturated heterocycles. The molecule has 0 atom stereocenters. The SMILES string of the molecule is C.C.C.O/[N+](=C\c1ccc(Cl)cc1)CCc1c[nH]c2ccc(Br)cc12.O=[N+]([O-])CCc1c[nH]c2ccc(Br)cc12.ONCCc1c[nH]c2ccc(Br)cc12.[2HH]. The predicted octanol–water partition coefficient (Wildman–Crippen LogP) is 12.0. The van der Waals surface area contributed by atoms with E-state index >= 15 is 0 Å². The van der Waals surface area contributed by atoms with Crippen LogP contribution in [0.1, 0.15) is 46.0 Å². The molecule has 10 nitrogen and oxygen atoms in total. The van der Waals surface area contributed by atoms with Crippen LogP contribution in [0.3, 0.4) is 0 Å². The zero-order valence-corrected chi connectivity index (χ0v) is 32.7. The van der Waals surface area contributed by atoms with E-state index in [4.69, 9.17) is 16.8 Å². The molecule has 0 radical (unpaired) electrons. The number of hydrogen-bond acceptors (Lipinski definition) is 5. The number of rotatable bonds is 10. The highest BCUT2D eigenvalue weighted by Crippen LogP contribution is 2.25. The van der Waals surface area contributed by atoms with Gasteiger partial charge in [-0.2, -0.15) is 0 Å². The monoisotopic (exact) mass is 950 g/mol. The number of halogens is 4. The molecule has 290 valence electrons. The lowest BCUT2D eigenvalue weighted by Crippen LogP contribution is -2.12.